The topological polar surface area (TPSA) is 142 Å². The van der Waals surface area contributed by atoms with E-state index in [1.807, 2.05) is 12.1 Å². The fourth-order valence-corrected chi connectivity index (χ4v) is 5.60. The number of nitrogens with one attached hydrogen (secondary N) is 1. The quantitative estimate of drug-likeness (QED) is 0.173. The van der Waals surface area contributed by atoms with E-state index in [0.717, 1.165) is 26.5 Å². The number of hydrogen-bond donors (Lipinski definition) is 3. The van der Waals surface area contributed by atoms with Crippen molar-refractivity contribution in [2.45, 2.75) is 23.6 Å². The molecule has 1 aliphatic rings. The lowest BCUT2D eigenvalue weighted by Crippen LogP contribution is -2.69. The molecular formula is C22H19N3O7S2. The number of para-hydroxylation sites is 3. The molecule has 0 spiro atoms. The Kier molecular flexibility index (Phi) is 6.98. The zero-order valence-corrected chi connectivity index (χ0v) is 19.3. The lowest BCUT2D eigenvalue weighted by Gasteiger charge is -2.45. The van der Waals surface area contributed by atoms with Crippen molar-refractivity contribution in [3.63, 3.8) is 0 Å². The van der Waals surface area contributed by atoms with Crippen LogP contribution in [0.2, 0.25) is 0 Å². The number of ether oxygens (including phenoxy) is 1. The van der Waals surface area contributed by atoms with Crippen LogP contribution < -0.4 is 10.1 Å². The minimum Gasteiger partial charge on any atom is -0.510 e. The molecule has 12 heteroatoms. The number of carbonyl (C=O) groups is 3. The van der Waals surface area contributed by atoms with Gasteiger partial charge in [0.1, 0.15) is 28.4 Å². The number of allylic oxidation sites excluding steroid dienone is 1. The molecule has 2 aromatic carbocycles. The molecule has 3 N–H and O–H groups in total. The fourth-order valence-electron chi connectivity index (χ4n) is 3.22. The number of amides is 2. The Bertz CT molecular complexity index is 1220. The number of aliphatic hydroxyl groups excluding tert-OH is 1. The van der Waals surface area contributed by atoms with Gasteiger partial charge in [-0.3, -0.25) is 14.5 Å². The lowest BCUT2D eigenvalue weighted by atomic mass is 10.1. The van der Waals surface area contributed by atoms with Gasteiger partial charge in [0.05, 0.1) is 0 Å². The standard InChI is InChI=1S/C22H19N3O7S2/c1-12(26)18(21(29)30)25-19(28)17(24-16(27)11-31-13-7-3-2-4-8-13)20(25)33-34-22-23-14-9-5-6-10-15(14)32-22/h2-10,17,20,26H,11H2,1H3,(H,24,27)(H,29,30)/b18-12+. The molecule has 2 atom stereocenters. The van der Waals surface area contributed by atoms with Crippen LogP contribution in [0.3, 0.4) is 0 Å². The summed E-state index contributed by atoms with van der Waals surface area (Å²) in [6.07, 6.45) is 0. The van der Waals surface area contributed by atoms with Gasteiger partial charge in [0.25, 0.3) is 17.0 Å². The summed E-state index contributed by atoms with van der Waals surface area (Å²) in [4.78, 5) is 42.1. The number of aromatic nitrogens is 1. The number of fused-ring (bicyclic) bond motifs is 1. The molecule has 4 rings (SSSR count). The van der Waals surface area contributed by atoms with Gasteiger partial charge < -0.3 is 24.7 Å². The van der Waals surface area contributed by atoms with Gasteiger partial charge in [-0.25, -0.2) is 9.78 Å². The maximum atomic E-state index is 12.8. The van der Waals surface area contributed by atoms with Crippen LogP contribution in [0.4, 0.5) is 0 Å². The summed E-state index contributed by atoms with van der Waals surface area (Å²) < 4.78 is 11.1. The number of β-lactam (4-membered cyclic amide) rings is 1. The van der Waals surface area contributed by atoms with Crippen molar-refractivity contribution in [2.24, 2.45) is 0 Å². The first kappa shape index (κ1) is 23.5. The number of benzene rings is 2. The Hall–Kier alpha value is -3.64. The van der Waals surface area contributed by atoms with Crippen LogP contribution in [0.1, 0.15) is 6.92 Å². The number of nitrogens with zero attached hydrogens (tertiary/aromatic N) is 2. The highest BCUT2D eigenvalue weighted by atomic mass is 33.1. The minimum atomic E-state index is -1.47. The Morgan fingerprint density at radius 3 is 2.53 bits per heavy atom. The second kappa shape index (κ2) is 10.1. The predicted octanol–water partition coefficient (Wildman–Crippen LogP) is 3.17. The average Bonchev–Trinajstić information content (AvgIpc) is 3.24. The SMILES string of the molecule is C/C(O)=C(/C(=O)O)N1C(=O)C(NC(=O)COc2ccccc2)C1SSc1nc2ccccc2o1. The van der Waals surface area contributed by atoms with Gasteiger partial charge in [-0.1, -0.05) is 41.1 Å². The lowest BCUT2D eigenvalue weighted by molar-refractivity contribution is -0.151. The summed E-state index contributed by atoms with van der Waals surface area (Å²) >= 11 is 0. The number of carbonyl (C=O) groups excluding carboxylic acids is 2. The summed E-state index contributed by atoms with van der Waals surface area (Å²) in [7, 11) is 2.16. The molecule has 2 amide bonds. The Labute approximate surface area is 201 Å². The van der Waals surface area contributed by atoms with E-state index in [0.29, 0.717) is 22.1 Å². The smallest absolute Gasteiger partial charge is 0.356 e. The number of aliphatic hydroxyl groups is 1. The molecule has 0 saturated carbocycles. The minimum absolute atomic E-state index is 0.296. The van der Waals surface area contributed by atoms with E-state index in [-0.39, 0.29) is 6.61 Å². The fraction of sp³-hybridized carbons (Fsp3) is 0.182. The predicted molar refractivity (Wildman–Crippen MR) is 125 cm³/mol. The van der Waals surface area contributed by atoms with Gasteiger partial charge in [0.2, 0.25) is 0 Å². The third-order valence-electron chi connectivity index (χ3n) is 4.75. The number of aliphatic carboxylic acids is 1. The van der Waals surface area contributed by atoms with Crippen molar-refractivity contribution in [1.82, 2.24) is 15.2 Å². The van der Waals surface area contributed by atoms with Gasteiger partial charge >= 0.3 is 5.97 Å². The maximum Gasteiger partial charge on any atom is 0.356 e. The number of hydrogen-bond acceptors (Lipinski definition) is 9. The average molecular weight is 502 g/mol. The molecule has 1 saturated heterocycles. The molecule has 3 aromatic rings. The molecule has 176 valence electrons. The molecule has 0 bridgehead atoms. The molecule has 0 aliphatic carbocycles. The molecule has 10 nitrogen and oxygen atoms in total. The van der Waals surface area contributed by atoms with E-state index >= 15 is 0 Å². The van der Waals surface area contributed by atoms with E-state index in [9.17, 15) is 24.6 Å². The molecular weight excluding hydrogens is 482 g/mol. The monoisotopic (exact) mass is 501 g/mol. The van der Waals surface area contributed by atoms with E-state index in [1.54, 1.807) is 42.5 Å². The second-order valence-corrected chi connectivity index (χ2v) is 9.38. The molecule has 1 aromatic heterocycles. The Morgan fingerprint density at radius 2 is 1.85 bits per heavy atom. The van der Waals surface area contributed by atoms with Crippen LogP contribution in [0, 0.1) is 0 Å². The highest BCUT2D eigenvalue weighted by Gasteiger charge is 2.52. The zero-order chi connectivity index (χ0) is 24.2. The van der Waals surface area contributed by atoms with Gasteiger partial charge in [-0.05, 0) is 31.2 Å². The van der Waals surface area contributed by atoms with Crippen LogP contribution in [-0.2, 0) is 14.4 Å². The zero-order valence-electron chi connectivity index (χ0n) is 17.7. The van der Waals surface area contributed by atoms with Crippen molar-refractivity contribution in [3.8, 4) is 5.75 Å². The van der Waals surface area contributed by atoms with E-state index < -0.39 is 40.7 Å². The second-order valence-electron chi connectivity index (χ2n) is 7.11. The number of rotatable bonds is 9. The van der Waals surface area contributed by atoms with Crippen molar-refractivity contribution >= 4 is 50.5 Å². The largest absolute Gasteiger partial charge is 0.510 e. The van der Waals surface area contributed by atoms with Crippen LogP contribution in [0.25, 0.3) is 11.1 Å². The number of likely N-dealkylation sites (tertiary alicyclic amines) is 1. The van der Waals surface area contributed by atoms with Gasteiger partial charge in [0.15, 0.2) is 17.9 Å². The third kappa shape index (κ3) is 4.97. The molecule has 1 aliphatic heterocycles. The summed E-state index contributed by atoms with van der Waals surface area (Å²) in [6, 6.07) is 14.8. The molecule has 1 fully saturated rings. The number of oxazole rings is 1. The summed E-state index contributed by atoms with van der Waals surface area (Å²) in [5, 5.41) is 21.4. The maximum absolute atomic E-state index is 12.8. The van der Waals surface area contributed by atoms with Crippen molar-refractivity contribution < 1.29 is 33.8 Å². The van der Waals surface area contributed by atoms with Gasteiger partial charge in [-0.15, -0.1) is 0 Å². The summed E-state index contributed by atoms with van der Waals surface area (Å²) in [5.74, 6) is -2.74. The van der Waals surface area contributed by atoms with Crippen LogP contribution in [0.5, 0.6) is 5.75 Å². The van der Waals surface area contributed by atoms with Crippen LogP contribution in [0.15, 0.2) is 75.7 Å². The van der Waals surface area contributed by atoms with E-state index in [4.69, 9.17) is 9.15 Å². The van der Waals surface area contributed by atoms with Crippen molar-refractivity contribution in [3.05, 3.63) is 66.1 Å². The van der Waals surface area contributed by atoms with Gasteiger partial charge in [-0.2, -0.15) is 0 Å². The Morgan fingerprint density at radius 1 is 1.15 bits per heavy atom. The van der Waals surface area contributed by atoms with E-state index in [2.05, 4.69) is 10.3 Å². The summed E-state index contributed by atoms with van der Waals surface area (Å²) in [6.45, 7) is 0.843. The number of carboxylic acid groups (broad SMARTS) is 1. The molecule has 34 heavy (non-hydrogen) atoms. The first-order valence-corrected chi connectivity index (χ1v) is 12.2. The van der Waals surface area contributed by atoms with Crippen LogP contribution in [-0.4, -0.2) is 55.9 Å². The highest BCUT2D eigenvalue weighted by Crippen LogP contribution is 2.44. The summed E-state index contributed by atoms with van der Waals surface area (Å²) in [5.41, 5.74) is 0.659. The third-order valence-corrected chi connectivity index (χ3v) is 7.15. The first-order valence-electron chi connectivity index (χ1n) is 9.97. The highest BCUT2D eigenvalue weighted by molar-refractivity contribution is 8.76. The first-order chi connectivity index (χ1) is 16.3. The normalized spacial score (nSPS) is 18.3. The van der Waals surface area contributed by atoms with E-state index in [1.165, 1.54) is 6.92 Å². The van der Waals surface area contributed by atoms with Crippen molar-refractivity contribution in [1.29, 1.82) is 0 Å². The van der Waals surface area contributed by atoms with Crippen LogP contribution >= 0.6 is 21.6 Å². The molecule has 2 unspecified atom stereocenters. The van der Waals surface area contributed by atoms with Crippen molar-refractivity contribution in [2.75, 3.05) is 6.61 Å². The molecule has 2 heterocycles. The Balaban J connectivity index is 1.48. The molecule has 0 radical (unpaired) electrons. The number of carboxylic acids is 1. The van der Waals surface area contributed by atoms with Gasteiger partial charge in [0, 0.05) is 10.8 Å².